The molecule has 0 amide bonds. The summed E-state index contributed by atoms with van der Waals surface area (Å²) in [4.78, 5) is 26.9. The predicted octanol–water partition coefficient (Wildman–Crippen LogP) is 3.28. The standard InChI is InChI=1S/C17H14ClNO4/c1-22-17(21)13-7-4-12(5-8-13)6-9-15(20)23-11-14-3-2-10-19-16(14)18/h2-10H,11H2,1H3. The number of carbonyl (C=O) groups excluding carboxylic acids is 2. The SMILES string of the molecule is COC(=O)c1ccc(C=CC(=O)OCc2cccnc2Cl)cc1. The molecule has 6 heteroatoms. The van der Waals surface area contributed by atoms with Crippen LogP contribution in [-0.2, 0) is 20.9 Å². The van der Waals surface area contributed by atoms with Crippen molar-refractivity contribution < 1.29 is 19.1 Å². The second-order valence-corrected chi connectivity index (χ2v) is 4.87. The van der Waals surface area contributed by atoms with E-state index in [0.717, 1.165) is 5.56 Å². The van der Waals surface area contributed by atoms with Crippen molar-refractivity contribution in [1.29, 1.82) is 0 Å². The maximum Gasteiger partial charge on any atom is 0.337 e. The van der Waals surface area contributed by atoms with Gasteiger partial charge in [-0.3, -0.25) is 0 Å². The molecule has 1 aromatic heterocycles. The van der Waals surface area contributed by atoms with Crippen LogP contribution in [0.2, 0.25) is 5.15 Å². The molecule has 0 fully saturated rings. The zero-order chi connectivity index (χ0) is 16.7. The van der Waals surface area contributed by atoms with E-state index in [-0.39, 0.29) is 6.61 Å². The highest BCUT2D eigenvalue weighted by Crippen LogP contribution is 2.13. The van der Waals surface area contributed by atoms with Crippen LogP contribution >= 0.6 is 11.6 Å². The zero-order valence-electron chi connectivity index (χ0n) is 12.4. The molecule has 23 heavy (non-hydrogen) atoms. The van der Waals surface area contributed by atoms with Crippen LogP contribution in [0, 0.1) is 0 Å². The Kier molecular flexibility index (Phi) is 5.88. The molecule has 0 spiro atoms. The molecule has 0 aliphatic heterocycles. The van der Waals surface area contributed by atoms with E-state index < -0.39 is 11.9 Å². The van der Waals surface area contributed by atoms with Gasteiger partial charge in [-0.25, -0.2) is 14.6 Å². The van der Waals surface area contributed by atoms with Crippen molar-refractivity contribution in [3.63, 3.8) is 0 Å². The fourth-order valence-corrected chi connectivity index (χ4v) is 1.91. The molecule has 0 radical (unpaired) electrons. The van der Waals surface area contributed by atoms with Crippen molar-refractivity contribution >= 4 is 29.6 Å². The van der Waals surface area contributed by atoms with Crippen LogP contribution in [0.4, 0.5) is 0 Å². The van der Waals surface area contributed by atoms with Crippen LogP contribution in [0.15, 0.2) is 48.7 Å². The summed E-state index contributed by atoms with van der Waals surface area (Å²) in [6, 6.07) is 10.1. The van der Waals surface area contributed by atoms with Crippen LogP contribution in [0.1, 0.15) is 21.5 Å². The Balaban J connectivity index is 1.91. The van der Waals surface area contributed by atoms with Crippen molar-refractivity contribution in [2.45, 2.75) is 6.61 Å². The Morgan fingerprint density at radius 1 is 1.22 bits per heavy atom. The zero-order valence-corrected chi connectivity index (χ0v) is 13.1. The highest BCUT2D eigenvalue weighted by molar-refractivity contribution is 6.30. The molecule has 0 aliphatic rings. The Morgan fingerprint density at radius 3 is 2.61 bits per heavy atom. The molecule has 118 valence electrons. The number of halogens is 1. The summed E-state index contributed by atoms with van der Waals surface area (Å²) in [6.45, 7) is 0.0527. The van der Waals surface area contributed by atoms with E-state index >= 15 is 0 Å². The van der Waals surface area contributed by atoms with Gasteiger partial charge in [0.05, 0.1) is 12.7 Å². The molecule has 0 N–H and O–H groups in total. The molecule has 0 unspecified atom stereocenters. The first-order chi connectivity index (χ1) is 11.1. The second kappa shape index (κ2) is 8.10. The lowest BCUT2D eigenvalue weighted by molar-refractivity contribution is -0.138. The summed E-state index contributed by atoms with van der Waals surface area (Å²) in [5.74, 6) is -0.907. The monoisotopic (exact) mass is 331 g/mol. The van der Waals surface area contributed by atoms with Gasteiger partial charge >= 0.3 is 11.9 Å². The third kappa shape index (κ3) is 4.93. The summed E-state index contributed by atoms with van der Waals surface area (Å²) in [5, 5.41) is 0.308. The van der Waals surface area contributed by atoms with Gasteiger partial charge in [-0.05, 0) is 29.8 Å². The lowest BCUT2D eigenvalue weighted by atomic mass is 10.1. The average Bonchev–Trinajstić information content (AvgIpc) is 2.59. The van der Waals surface area contributed by atoms with Gasteiger partial charge in [0.2, 0.25) is 0 Å². The normalized spacial score (nSPS) is 10.5. The van der Waals surface area contributed by atoms with Gasteiger partial charge in [-0.15, -0.1) is 0 Å². The van der Waals surface area contributed by atoms with Crippen molar-refractivity contribution in [1.82, 2.24) is 4.98 Å². The van der Waals surface area contributed by atoms with Gasteiger partial charge in [-0.1, -0.05) is 29.8 Å². The van der Waals surface area contributed by atoms with Crippen molar-refractivity contribution in [2.75, 3.05) is 7.11 Å². The number of aromatic nitrogens is 1. The summed E-state index contributed by atoms with van der Waals surface area (Å²) < 4.78 is 9.70. The van der Waals surface area contributed by atoms with E-state index in [2.05, 4.69) is 9.72 Å². The van der Waals surface area contributed by atoms with E-state index in [1.54, 1.807) is 48.7 Å². The molecule has 5 nitrogen and oxygen atoms in total. The van der Waals surface area contributed by atoms with E-state index in [0.29, 0.717) is 16.3 Å². The first-order valence-corrected chi connectivity index (χ1v) is 7.10. The number of methoxy groups -OCH3 is 1. The minimum absolute atomic E-state index is 0.0527. The first kappa shape index (κ1) is 16.7. The van der Waals surface area contributed by atoms with Gasteiger partial charge in [0.1, 0.15) is 11.8 Å². The number of hydrogen-bond acceptors (Lipinski definition) is 5. The quantitative estimate of drug-likeness (QED) is 0.478. The van der Waals surface area contributed by atoms with Crippen molar-refractivity contribution in [3.05, 3.63) is 70.5 Å². The average molecular weight is 332 g/mol. The molecule has 0 bridgehead atoms. The fraction of sp³-hybridized carbons (Fsp3) is 0.118. The molecule has 0 aliphatic carbocycles. The molecule has 1 aromatic carbocycles. The lowest BCUT2D eigenvalue weighted by Crippen LogP contribution is -2.02. The van der Waals surface area contributed by atoms with Crippen LogP contribution in [0.3, 0.4) is 0 Å². The Morgan fingerprint density at radius 2 is 1.96 bits per heavy atom. The summed E-state index contributed by atoms with van der Waals surface area (Å²) in [6.07, 6.45) is 4.46. The topological polar surface area (TPSA) is 65.5 Å². The van der Waals surface area contributed by atoms with Gasteiger partial charge in [-0.2, -0.15) is 0 Å². The smallest absolute Gasteiger partial charge is 0.337 e. The van der Waals surface area contributed by atoms with Crippen molar-refractivity contribution in [2.24, 2.45) is 0 Å². The number of pyridine rings is 1. The number of nitrogens with zero attached hydrogens (tertiary/aromatic N) is 1. The molecule has 0 atom stereocenters. The van der Waals surface area contributed by atoms with Gasteiger partial charge < -0.3 is 9.47 Å². The number of hydrogen-bond donors (Lipinski definition) is 0. The molecule has 0 saturated carbocycles. The number of carbonyl (C=O) groups is 2. The number of ether oxygens (including phenoxy) is 2. The second-order valence-electron chi connectivity index (χ2n) is 4.51. The highest BCUT2D eigenvalue weighted by Gasteiger charge is 2.05. The van der Waals surface area contributed by atoms with Gasteiger partial charge in [0, 0.05) is 17.8 Å². The fourth-order valence-electron chi connectivity index (χ4n) is 1.74. The maximum absolute atomic E-state index is 11.7. The van der Waals surface area contributed by atoms with Crippen LogP contribution in [-0.4, -0.2) is 24.0 Å². The minimum atomic E-state index is -0.498. The Hall–Kier alpha value is -2.66. The number of benzene rings is 1. The molecule has 1 heterocycles. The van der Waals surface area contributed by atoms with Crippen LogP contribution in [0.5, 0.6) is 0 Å². The van der Waals surface area contributed by atoms with E-state index in [1.165, 1.54) is 13.2 Å². The number of rotatable bonds is 5. The molecular weight excluding hydrogens is 318 g/mol. The molecular formula is C17H14ClNO4. The third-order valence-corrected chi connectivity index (χ3v) is 3.29. The van der Waals surface area contributed by atoms with E-state index in [1.807, 2.05) is 0 Å². The summed E-state index contributed by atoms with van der Waals surface area (Å²) >= 11 is 5.87. The molecule has 0 saturated heterocycles. The Labute approximate surface area is 138 Å². The maximum atomic E-state index is 11.7. The van der Waals surface area contributed by atoms with Gasteiger partial charge in [0.25, 0.3) is 0 Å². The first-order valence-electron chi connectivity index (χ1n) is 6.73. The highest BCUT2D eigenvalue weighted by atomic mass is 35.5. The van der Waals surface area contributed by atoms with Gasteiger partial charge in [0.15, 0.2) is 0 Å². The van der Waals surface area contributed by atoms with E-state index in [9.17, 15) is 9.59 Å². The summed E-state index contributed by atoms with van der Waals surface area (Å²) in [5.41, 5.74) is 1.84. The van der Waals surface area contributed by atoms with E-state index in [4.69, 9.17) is 16.3 Å². The number of esters is 2. The Bertz CT molecular complexity index is 726. The van der Waals surface area contributed by atoms with Crippen LogP contribution < -0.4 is 0 Å². The van der Waals surface area contributed by atoms with Crippen molar-refractivity contribution in [3.8, 4) is 0 Å². The third-order valence-electron chi connectivity index (χ3n) is 2.95. The lowest BCUT2D eigenvalue weighted by Gasteiger charge is -2.03. The minimum Gasteiger partial charge on any atom is -0.465 e. The predicted molar refractivity (Wildman–Crippen MR) is 85.9 cm³/mol. The molecule has 2 rings (SSSR count). The summed E-state index contributed by atoms with van der Waals surface area (Å²) in [7, 11) is 1.32. The largest absolute Gasteiger partial charge is 0.465 e. The molecule has 2 aromatic rings. The van der Waals surface area contributed by atoms with Crippen LogP contribution in [0.25, 0.3) is 6.08 Å².